The summed E-state index contributed by atoms with van der Waals surface area (Å²) in [6.07, 6.45) is -4.30. The molecule has 8 unspecified atom stereocenters. The number of carbonyl (C=O) groups is 3. The Morgan fingerprint density at radius 1 is 0.944 bits per heavy atom. The molecule has 1 fully saturated rings. The second-order valence-electron chi connectivity index (χ2n) is 16.5. The smallest absolute Gasteiger partial charge is 0.481 e. The van der Waals surface area contributed by atoms with Crippen LogP contribution in [0.1, 0.15) is 62.6 Å². The lowest BCUT2D eigenvalue weighted by Gasteiger charge is -2.30. The van der Waals surface area contributed by atoms with Crippen molar-refractivity contribution in [3.63, 3.8) is 0 Å². The fourth-order valence-corrected chi connectivity index (χ4v) is 10.4. The van der Waals surface area contributed by atoms with E-state index in [1.807, 2.05) is 0 Å². The molecule has 72 heavy (non-hydrogen) atoms. The number of anilines is 1. The van der Waals surface area contributed by atoms with Gasteiger partial charge in [-0.3, -0.25) is 42.0 Å². The number of phosphoric acid groups is 4. The Kier molecular flexibility index (Phi) is 22.4. The van der Waals surface area contributed by atoms with Gasteiger partial charge in [-0.1, -0.05) is 32.0 Å². The predicted octanol–water partition coefficient (Wildman–Crippen LogP) is -1.03. The van der Waals surface area contributed by atoms with Gasteiger partial charge in [0.15, 0.2) is 17.7 Å². The first-order valence-corrected chi connectivity index (χ1v) is 28.3. The van der Waals surface area contributed by atoms with Crippen molar-refractivity contribution in [2.45, 2.75) is 96.3 Å². The molecule has 3 aromatic rings. The zero-order valence-electron chi connectivity index (χ0n) is 38.6. The maximum atomic E-state index is 12.8. The minimum atomic E-state index is -5.62. The summed E-state index contributed by atoms with van der Waals surface area (Å²) in [4.78, 5) is 111. The van der Waals surface area contributed by atoms with Crippen molar-refractivity contribution in [1.82, 2.24) is 40.5 Å². The second kappa shape index (κ2) is 26.3. The van der Waals surface area contributed by atoms with E-state index in [9.17, 15) is 67.5 Å². The van der Waals surface area contributed by atoms with Gasteiger partial charge in [-0.25, -0.2) is 33.2 Å². The van der Waals surface area contributed by atoms with Gasteiger partial charge >= 0.3 is 31.3 Å². The number of aromatic nitrogens is 5. The summed E-state index contributed by atoms with van der Waals surface area (Å²) >= 11 is 0.913. The second-order valence-corrected chi connectivity index (χ2v) is 23.1. The maximum Gasteiger partial charge on any atom is 0.481 e. The first-order chi connectivity index (χ1) is 33.4. The van der Waals surface area contributed by atoms with Crippen molar-refractivity contribution in [2.75, 3.05) is 44.3 Å². The fraction of sp³-hybridized carbons (Fsp3) is 0.629. The Labute approximate surface area is 414 Å². The number of thioether (sulfide) groups is 1. The molecule has 8 atom stereocenters. The molecule has 37 heteroatoms. The number of amides is 2. The van der Waals surface area contributed by atoms with E-state index < -0.39 is 105 Å². The Morgan fingerprint density at radius 3 is 2.32 bits per heavy atom. The fourth-order valence-electron chi connectivity index (χ4n) is 6.49. The number of aliphatic hydroxyl groups excluding tert-OH is 2. The first-order valence-electron chi connectivity index (χ1n) is 21.3. The number of phosphoric ester groups is 4. The lowest BCUT2D eigenvalue weighted by Crippen LogP contribution is -2.46. The molecule has 0 spiro atoms. The minimum absolute atomic E-state index is 0.0124. The highest BCUT2D eigenvalue weighted by Gasteiger charge is 2.50. The molecule has 406 valence electrons. The molecule has 3 aromatic heterocycles. The number of nitrogens with one attached hydrogen (secondary N) is 3. The van der Waals surface area contributed by atoms with Crippen LogP contribution in [-0.2, 0) is 72.9 Å². The first kappa shape index (κ1) is 61.1. The Bertz CT molecular complexity index is 2550. The number of aromatic hydroxyl groups is 1. The maximum absolute atomic E-state index is 12.8. The molecule has 1 aliphatic rings. The summed E-state index contributed by atoms with van der Waals surface area (Å²) in [6, 6.07) is -0.786. The molecule has 0 radical (unpaired) electrons. The van der Waals surface area contributed by atoms with Crippen LogP contribution in [0.25, 0.3) is 11.2 Å². The number of nitrogens with zero attached hydrogens (tertiary/aromatic N) is 5. The van der Waals surface area contributed by atoms with Crippen LogP contribution in [0.3, 0.4) is 0 Å². The largest absolute Gasteiger partial charge is 0.506 e. The zero-order chi connectivity index (χ0) is 53.8. The van der Waals surface area contributed by atoms with E-state index in [4.69, 9.17) is 35.0 Å². The SMILES string of the molecule is Cc1ncc(COP(=O)(O)O)c(CNCCCCC(N)C(=O)SCCNC(=O)CCNC(=O)C(O)C(C)(C)COP(=O)(O)OP(=O)(O)OCC2OC(n3cnc4c(N)ncnc43)C(O)C2OP(=O)(O)O)c1O. The molecule has 4 rings (SSSR count). The van der Waals surface area contributed by atoms with Crippen molar-refractivity contribution >= 4 is 77.0 Å². The number of nitrogen functional groups attached to an aromatic ring is 1. The van der Waals surface area contributed by atoms with Gasteiger partial charge in [0.2, 0.25) is 16.9 Å². The molecular weight excluding hydrogens is 1070 g/mol. The van der Waals surface area contributed by atoms with Crippen LogP contribution in [0.2, 0.25) is 0 Å². The van der Waals surface area contributed by atoms with Crippen LogP contribution in [0.5, 0.6) is 5.75 Å². The lowest BCUT2D eigenvalue weighted by molar-refractivity contribution is -0.137. The summed E-state index contributed by atoms with van der Waals surface area (Å²) in [7, 11) is -21.3. The normalized spacial score (nSPS) is 20.2. The Balaban J connectivity index is 1.11. The summed E-state index contributed by atoms with van der Waals surface area (Å²) < 4.78 is 78.0. The van der Waals surface area contributed by atoms with Crippen LogP contribution >= 0.6 is 43.1 Å². The number of hydrogen-bond donors (Lipinski definition) is 14. The number of fused-ring (bicyclic) bond motifs is 1. The number of hydrogen-bond acceptors (Lipinski definition) is 24. The van der Waals surface area contributed by atoms with Crippen LogP contribution in [0.15, 0.2) is 18.9 Å². The van der Waals surface area contributed by atoms with Crippen molar-refractivity contribution < 1.29 is 104 Å². The highest BCUT2D eigenvalue weighted by Crippen LogP contribution is 2.61. The molecular formula is C35H58N10O22P4S. The minimum Gasteiger partial charge on any atom is -0.506 e. The Hall–Kier alpha value is -3.46. The monoisotopic (exact) mass is 1130 g/mol. The molecule has 0 aliphatic carbocycles. The van der Waals surface area contributed by atoms with Gasteiger partial charge in [-0.05, 0) is 26.3 Å². The van der Waals surface area contributed by atoms with E-state index in [1.54, 1.807) is 6.92 Å². The topological polar surface area (TPSA) is 502 Å². The van der Waals surface area contributed by atoms with E-state index >= 15 is 0 Å². The standard InChI is InChI=1S/C35H58N10O22P4S/c1-19-26(47)21(20(12-41-19)14-62-68(52,53)54)13-38-8-5-4-6-22(36)34(51)72-11-10-39-24(46)7-9-40-32(50)29(49)35(2,3)16-64-71(60,61)67-70(58,59)63-15-23-28(66-69(55,56)57)27(48)33(65-23)45-18-44-25-30(37)42-17-43-31(25)45/h12,17-18,22-23,27-29,33,38,47-49H,4-11,13-16,36H2,1-3H3,(H,39,46)(H,40,50)(H,58,59)(H,60,61)(H2,37,42,43)(H2,52,53,54)(H2,55,56,57). The molecule has 0 aromatic carbocycles. The molecule has 1 aliphatic heterocycles. The third kappa shape index (κ3) is 19.0. The average Bonchev–Trinajstić information content (AvgIpc) is 3.84. The third-order valence-electron chi connectivity index (χ3n) is 10.3. The van der Waals surface area contributed by atoms with Crippen LogP contribution in [0, 0.1) is 12.3 Å². The van der Waals surface area contributed by atoms with Crippen molar-refractivity contribution in [3.8, 4) is 5.75 Å². The number of imidazole rings is 1. The molecule has 16 N–H and O–H groups in total. The molecule has 1 saturated heterocycles. The number of unbranched alkanes of at least 4 members (excludes halogenated alkanes) is 1. The van der Waals surface area contributed by atoms with Crippen LogP contribution < -0.4 is 27.4 Å². The number of pyridine rings is 1. The average molecular weight is 1130 g/mol. The zero-order valence-corrected chi connectivity index (χ0v) is 43.0. The van der Waals surface area contributed by atoms with Crippen LogP contribution in [-0.4, -0.2) is 155 Å². The number of ether oxygens (including phenoxy) is 1. The van der Waals surface area contributed by atoms with E-state index in [0.717, 1.165) is 29.0 Å². The van der Waals surface area contributed by atoms with Gasteiger partial charge in [0.25, 0.3) is 0 Å². The Morgan fingerprint density at radius 2 is 1.64 bits per heavy atom. The highest BCUT2D eigenvalue weighted by atomic mass is 32.2. The number of carbonyl (C=O) groups excluding carboxylic acids is 3. The van der Waals surface area contributed by atoms with E-state index in [2.05, 4.69) is 49.2 Å². The molecule has 0 saturated carbocycles. The molecule has 32 nitrogen and oxygen atoms in total. The van der Waals surface area contributed by atoms with Crippen LogP contribution in [0.4, 0.5) is 5.82 Å². The lowest BCUT2D eigenvalue weighted by atomic mass is 9.87. The van der Waals surface area contributed by atoms with Gasteiger partial charge in [-0.15, -0.1) is 0 Å². The van der Waals surface area contributed by atoms with Gasteiger partial charge < -0.3 is 76.8 Å². The van der Waals surface area contributed by atoms with E-state index in [0.29, 0.717) is 42.6 Å². The van der Waals surface area contributed by atoms with Crippen molar-refractivity contribution in [1.29, 1.82) is 0 Å². The quantitative estimate of drug-likeness (QED) is 0.0280. The van der Waals surface area contributed by atoms with Gasteiger partial charge in [0.1, 0.15) is 42.0 Å². The van der Waals surface area contributed by atoms with Crippen molar-refractivity contribution in [2.24, 2.45) is 11.1 Å². The van der Waals surface area contributed by atoms with Crippen molar-refractivity contribution in [3.05, 3.63) is 35.7 Å². The molecule has 4 heterocycles. The summed E-state index contributed by atoms with van der Waals surface area (Å²) in [5.74, 6) is -1.55. The predicted molar refractivity (Wildman–Crippen MR) is 248 cm³/mol. The molecule has 0 bridgehead atoms. The van der Waals surface area contributed by atoms with E-state index in [1.165, 1.54) is 20.0 Å². The number of aliphatic hydroxyl groups is 2. The van der Waals surface area contributed by atoms with Gasteiger partial charge in [0, 0.05) is 54.5 Å². The van der Waals surface area contributed by atoms with Gasteiger partial charge in [-0.2, -0.15) is 4.31 Å². The summed E-state index contributed by atoms with van der Waals surface area (Å²) in [5, 5.41) is 39.7. The third-order valence-corrected chi connectivity index (χ3v) is 14.8. The van der Waals surface area contributed by atoms with E-state index in [-0.39, 0.29) is 59.7 Å². The number of aryl methyl sites for hydroxylation is 1. The number of nitrogens with two attached hydrogens (primary N) is 2. The number of rotatable bonds is 30. The van der Waals surface area contributed by atoms with Gasteiger partial charge in [0.05, 0.1) is 37.9 Å². The molecule has 2 amide bonds. The highest BCUT2D eigenvalue weighted by molar-refractivity contribution is 8.13. The summed E-state index contributed by atoms with van der Waals surface area (Å²) in [6.45, 7) is 1.89. The summed E-state index contributed by atoms with van der Waals surface area (Å²) in [5.41, 5.74) is 11.2.